The zero-order chi connectivity index (χ0) is 13.9. The van der Waals surface area contributed by atoms with Gasteiger partial charge in [0.1, 0.15) is 18.1 Å². The average molecular weight is 329 g/mol. The van der Waals surface area contributed by atoms with Crippen molar-refractivity contribution in [3.8, 4) is 11.5 Å². The summed E-state index contributed by atoms with van der Waals surface area (Å²) in [6, 6.07) is 19.5. The van der Waals surface area contributed by atoms with Crippen LogP contribution in [0.1, 0.15) is 5.56 Å². The summed E-state index contributed by atoms with van der Waals surface area (Å²) in [4.78, 5) is 0. The van der Waals surface area contributed by atoms with Gasteiger partial charge in [0.05, 0.1) is 4.47 Å². The van der Waals surface area contributed by atoms with Gasteiger partial charge in [-0.15, -0.1) is 0 Å². The van der Waals surface area contributed by atoms with Gasteiger partial charge in [-0.3, -0.25) is 0 Å². The molecule has 3 aromatic rings. The van der Waals surface area contributed by atoms with E-state index in [1.54, 1.807) is 6.07 Å². The topological polar surface area (TPSA) is 29.5 Å². The summed E-state index contributed by atoms with van der Waals surface area (Å²) >= 11 is 3.31. The highest BCUT2D eigenvalue weighted by atomic mass is 79.9. The van der Waals surface area contributed by atoms with Gasteiger partial charge in [-0.25, -0.2) is 0 Å². The molecule has 0 radical (unpaired) electrons. The number of hydrogen-bond donors (Lipinski definition) is 1. The van der Waals surface area contributed by atoms with Crippen molar-refractivity contribution in [1.82, 2.24) is 0 Å². The van der Waals surface area contributed by atoms with Crippen molar-refractivity contribution in [2.75, 3.05) is 0 Å². The SMILES string of the molecule is Oc1cc2cc(OCc3ccccc3)ccc2cc1Br. The zero-order valence-electron chi connectivity index (χ0n) is 10.7. The maximum atomic E-state index is 9.73. The van der Waals surface area contributed by atoms with Crippen LogP contribution >= 0.6 is 15.9 Å². The number of hydrogen-bond acceptors (Lipinski definition) is 2. The molecule has 2 nitrogen and oxygen atoms in total. The number of fused-ring (bicyclic) bond motifs is 1. The fraction of sp³-hybridized carbons (Fsp3) is 0.0588. The molecule has 0 spiro atoms. The van der Waals surface area contributed by atoms with Gasteiger partial charge in [0.15, 0.2) is 0 Å². The van der Waals surface area contributed by atoms with Crippen molar-refractivity contribution in [1.29, 1.82) is 0 Å². The van der Waals surface area contributed by atoms with Crippen molar-refractivity contribution < 1.29 is 9.84 Å². The minimum Gasteiger partial charge on any atom is -0.507 e. The molecule has 0 bridgehead atoms. The molecule has 100 valence electrons. The Morgan fingerprint density at radius 2 is 1.70 bits per heavy atom. The Morgan fingerprint density at radius 1 is 0.900 bits per heavy atom. The van der Waals surface area contributed by atoms with Crippen LogP contribution in [0.4, 0.5) is 0 Å². The predicted molar refractivity (Wildman–Crippen MR) is 84.1 cm³/mol. The zero-order valence-corrected chi connectivity index (χ0v) is 12.3. The van der Waals surface area contributed by atoms with E-state index in [1.165, 1.54) is 0 Å². The Morgan fingerprint density at radius 3 is 2.50 bits per heavy atom. The first-order chi connectivity index (χ1) is 9.72. The van der Waals surface area contributed by atoms with Crippen LogP contribution in [-0.2, 0) is 6.61 Å². The van der Waals surface area contributed by atoms with E-state index in [2.05, 4.69) is 15.9 Å². The minimum atomic E-state index is 0.234. The molecular formula is C17H13BrO2. The van der Waals surface area contributed by atoms with E-state index in [-0.39, 0.29) is 5.75 Å². The lowest BCUT2D eigenvalue weighted by molar-refractivity contribution is 0.306. The van der Waals surface area contributed by atoms with Gasteiger partial charge in [0.2, 0.25) is 0 Å². The Balaban J connectivity index is 1.84. The molecule has 0 unspecified atom stereocenters. The van der Waals surface area contributed by atoms with Crippen LogP contribution in [0.5, 0.6) is 11.5 Å². The van der Waals surface area contributed by atoms with Gasteiger partial charge in [-0.1, -0.05) is 36.4 Å². The fourth-order valence-corrected chi connectivity index (χ4v) is 2.43. The van der Waals surface area contributed by atoms with E-state index < -0.39 is 0 Å². The quantitative estimate of drug-likeness (QED) is 0.741. The highest BCUT2D eigenvalue weighted by molar-refractivity contribution is 9.10. The third kappa shape index (κ3) is 2.78. The summed E-state index contributed by atoms with van der Waals surface area (Å²) in [6.45, 7) is 0.537. The molecule has 3 aromatic carbocycles. The molecule has 1 N–H and O–H groups in total. The average Bonchev–Trinajstić information content (AvgIpc) is 2.47. The molecular weight excluding hydrogens is 316 g/mol. The van der Waals surface area contributed by atoms with Crippen LogP contribution in [0.3, 0.4) is 0 Å². The van der Waals surface area contributed by atoms with Gasteiger partial charge < -0.3 is 9.84 Å². The van der Waals surface area contributed by atoms with Crippen molar-refractivity contribution in [2.45, 2.75) is 6.61 Å². The Labute approximate surface area is 125 Å². The molecule has 0 saturated carbocycles. The number of halogens is 1. The molecule has 0 aliphatic carbocycles. The second kappa shape index (κ2) is 5.55. The number of aromatic hydroxyl groups is 1. The molecule has 0 aromatic heterocycles. The number of ether oxygens (including phenoxy) is 1. The van der Waals surface area contributed by atoms with Crippen LogP contribution < -0.4 is 4.74 Å². The molecule has 0 amide bonds. The number of phenols is 1. The normalized spacial score (nSPS) is 10.7. The molecule has 0 fully saturated rings. The first-order valence-electron chi connectivity index (χ1n) is 6.31. The summed E-state index contributed by atoms with van der Waals surface area (Å²) in [5.74, 6) is 1.03. The summed E-state index contributed by atoms with van der Waals surface area (Å²) in [5, 5.41) is 11.7. The van der Waals surface area contributed by atoms with Crippen molar-refractivity contribution in [3.05, 3.63) is 70.7 Å². The molecule has 0 aliphatic rings. The van der Waals surface area contributed by atoms with E-state index in [0.717, 1.165) is 22.1 Å². The predicted octanol–water partition coefficient (Wildman–Crippen LogP) is 4.89. The van der Waals surface area contributed by atoms with E-state index in [0.29, 0.717) is 11.1 Å². The van der Waals surface area contributed by atoms with Crippen molar-refractivity contribution >= 4 is 26.7 Å². The van der Waals surface area contributed by atoms with E-state index in [4.69, 9.17) is 4.74 Å². The summed E-state index contributed by atoms with van der Waals surface area (Å²) in [6.07, 6.45) is 0. The van der Waals surface area contributed by atoms with Gasteiger partial charge >= 0.3 is 0 Å². The Hall–Kier alpha value is -2.00. The molecule has 0 heterocycles. The fourth-order valence-electron chi connectivity index (χ4n) is 2.07. The van der Waals surface area contributed by atoms with Crippen LogP contribution in [0, 0.1) is 0 Å². The van der Waals surface area contributed by atoms with Gasteiger partial charge in [0.25, 0.3) is 0 Å². The maximum absolute atomic E-state index is 9.73. The largest absolute Gasteiger partial charge is 0.507 e. The first kappa shape index (κ1) is 13.0. The van der Waals surface area contributed by atoms with E-state index >= 15 is 0 Å². The van der Waals surface area contributed by atoms with E-state index in [9.17, 15) is 5.11 Å². The standard InChI is InChI=1S/C17H13BrO2/c18-16-9-13-6-7-15(8-14(13)10-17(16)19)20-11-12-4-2-1-3-5-12/h1-10,19H,11H2. The van der Waals surface area contributed by atoms with Crippen LogP contribution in [0.15, 0.2) is 65.1 Å². The van der Waals surface area contributed by atoms with Crippen molar-refractivity contribution in [2.24, 2.45) is 0 Å². The number of phenolic OH excluding ortho intramolecular Hbond substituents is 1. The van der Waals surface area contributed by atoms with Gasteiger partial charge in [0, 0.05) is 0 Å². The first-order valence-corrected chi connectivity index (χ1v) is 7.11. The second-order valence-corrected chi connectivity index (χ2v) is 5.44. The minimum absolute atomic E-state index is 0.234. The number of rotatable bonds is 3. The summed E-state index contributed by atoms with van der Waals surface area (Å²) < 4.78 is 6.47. The Kier molecular flexibility index (Phi) is 3.61. The Bertz CT molecular complexity index is 739. The van der Waals surface area contributed by atoms with Gasteiger partial charge in [-0.2, -0.15) is 0 Å². The third-order valence-corrected chi connectivity index (χ3v) is 3.76. The monoisotopic (exact) mass is 328 g/mol. The van der Waals surface area contributed by atoms with Crippen LogP contribution in [0.2, 0.25) is 0 Å². The third-order valence-electron chi connectivity index (χ3n) is 3.13. The lowest BCUT2D eigenvalue weighted by atomic mass is 10.1. The smallest absolute Gasteiger partial charge is 0.130 e. The van der Waals surface area contributed by atoms with Crippen LogP contribution in [0.25, 0.3) is 10.8 Å². The maximum Gasteiger partial charge on any atom is 0.130 e. The van der Waals surface area contributed by atoms with Crippen LogP contribution in [-0.4, -0.2) is 5.11 Å². The summed E-state index contributed by atoms with van der Waals surface area (Å²) in [7, 11) is 0. The molecule has 3 rings (SSSR count). The summed E-state index contributed by atoms with van der Waals surface area (Å²) in [5.41, 5.74) is 1.13. The molecule has 3 heteroatoms. The molecule has 0 atom stereocenters. The molecule has 20 heavy (non-hydrogen) atoms. The van der Waals surface area contributed by atoms with E-state index in [1.807, 2.05) is 54.6 Å². The number of benzene rings is 3. The van der Waals surface area contributed by atoms with Crippen molar-refractivity contribution in [3.63, 3.8) is 0 Å². The van der Waals surface area contributed by atoms with Gasteiger partial charge in [-0.05, 0) is 56.5 Å². The second-order valence-electron chi connectivity index (χ2n) is 4.59. The lowest BCUT2D eigenvalue weighted by Gasteiger charge is -2.08. The molecule has 0 aliphatic heterocycles. The lowest BCUT2D eigenvalue weighted by Crippen LogP contribution is -1.94. The highest BCUT2D eigenvalue weighted by Crippen LogP contribution is 2.31. The highest BCUT2D eigenvalue weighted by Gasteiger charge is 2.03. The molecule has 0 saturated heterocycles.